The standard InChI is InChI=1S/C8H9F2N/c1-5-3-7(8(9)10)6(2)11-4-5/h3-4,8H,1-2H3. The van der Waals surface area contributed by atoms with Crippen molar-refractivity contribution in [3.8, 4) is 0 Å². The second kappa shape index (κ2) is 2.95. The first-order valence-electron chi connectivity index (χ1n) is 3.32. The monoisotopic (exact) mass is 157 g/mol. The molecule has 0 aliphatic carbocycles. The van der Waals surface area contributed by atoms with Gasteiger partial charge in [-0.1, -0.05) is 0 Å². The Labute approximate surface area is 64.1 Å². The summed E-state index contributed by atoms with van der Waals surface area (Å²) in [6.45, 7) is 3.33. The van der Waals surface area contributed by atoms with Crippen molar-refractivity contribution in [3.63, 3.8) is 0 Å². The number of halogens is 2. The van der Waals surface area contributed by atoms with E-state index >= 15 is 0 Å². The predicted molar refractivity (Wildman–Crippen MR) is 38.7 cm³/mol. The minimum absolute atomic E-state index is 0.0324. The fourth-order valence-corrected chi connectivity index (χ4v) is 0.881. The SMILES string of the molecule is Cc1cnc(C)c(C(F)F)c1. The van der Waals surface area contributed by atoms with Crippen molar-refractivity contribution < 1.29 is 8.78 Å². The lowest BCUT2D eigenvalue weighted by Crippen LogP contribution is -1.93. The zero-order valence-electron chi connectivity index (χ0n) is 6.44. The number of nitrogens with zero attached hydrogens (tertiary/aromatic N) is 1. The van der Waals surface area contributed by atoms with Gasteiger partial charge in [-0.25, -0.2) is 8.78 Å². The fraction of sp³-hybridized carbons (Fsp3) is 0.375. The summed E-state index contributed by atoms with van der Waals surface area (Å²) < 4.78 is 24.3. The highest BCUT2D eigenvalue weighted by Gasteiger charge is 2.10. The molecular weight excluding hydrogens is 148 g/mol. The molecule has 0 aliphatic rings. The Morgan fingerprint density at radius 3 is 2.45 bits per heavy atom. The highest BCUT2D eigenvalue weighted by atomic mass is 19.3. The van der Waals surface area contributed by atoms with Crippen LogP contribution in [-0.4, -0.2) is 4.98 Å². The van der Waals surface area contributed by atoms with Crippen LogP contribution >= 0.6 is 0 Å². The molecule has 1 nitrogen and oxygen atoms in total. The summed E-state index contributed by atoms with van der Waals surface area (Å²) in [5.74, 6) is 0. The van der Waals surface area contributed by atoms with E-state index in [-0.39, 0.29) is 5.56 Å². The summed E-state index contributed by atoms with van der Waals surface area (Å²) in [4.78, 5) is 3.82. The number of hydrogen-bond acceptors (Lipinski definition) is 1. The number of rotatable bonds is 1. The van der Waals surface area contributed by atoms with Crippen LogP contribution in [0, 0.1) is 13.8 Å². The van der Waals surface area contributed by atoms with Gasteiger partial charge >= 0.3 is 0 Å². The van der Waals surface area contributed by atoms with Crippen LogP contribution in [0.5, 0.6) is 0 Å². The Balaban J connectivity index is 3.13. The lowest BCUT2D eigenvalue weighted by Gasteiger charge is -2.03. The van der Waals surface area contributed by atoms with Gasteiger partial charge in [0.1, 0.15) is 0 Å². The van der Waals surface area contributed by atoms with Gasteiger partial charge in [-0.15, -0.1) is 0 Å². The summed E-state index contributed by atoms with van der Waals surface area (Å²) in [7, 11) is 0. The van der Waals surface area contributed by atoms with Crippen LogP contribution in [0.4, 0.5) is 8.78 Å². The van der Waals surface area contributed by atoms with E-state index in [0.717, 1.165) is 5.56 Å². The van der Waals surface area contributed by atoms with Crippen molar-refractivity contribution in [2.45, 2.75) is 20.3 Å². The molecule has 1 rings (SSSR count). The van der Waals surface area contributed by atoms with Gasteiger partial charge in [0, 0.05) is 17.5 Å². The van der Waals surface area contributed by atoms with Crippen LogP contribution in [0.15, 0.2) is 12.3 Å². The molecule has 0 bridgehead atoms. The third-order valence-corrected chi connectivity index (χ3v) is 1.50. The molecule has 0 fully saturated rings. The fourth-order valence-electron chi connectivity index (χ4n) is 0.881. The third kappa shape index (κ3) is 1.73. The summed E-state index contributed by atoms with van der Waals surface area (Å²) in [5.41, 5.74) is 1.21. The minimum atomic E-state index is -2.41. The minimum Gasteiger partial charge on any atom is -0.261 e. The Bertz CT molecular complexity index is 258. The van der Waals surface area contributed by atoms with Crippen LogP contribution in [0.2, 0.25) is 0 Å². The van der Waals surface area contributed by atoms with Crippen LogP contribution in [-0.2, 0) is 0 Å². The van der Waals surface area contributed by atoms with Crippen molar-refractivity contribution in [2.24, 2.45) is 0 Å². The molecule has 1 aromatic heterocycles. The molecule has 0 radical (unpaired) electrons. The van der Waals surface area contributed by atoms with E-state index in [9.17, 15) is 8.78 Å². The van der Waals surface area contributed by atoms with Crippen molar-refractivity contribution in [1.29, 1.82) is 0 Å². The Kier molecular flexibility index (Phi) is 2.17. The summed E-state index contributed by atoms with van der Waals surface area (Å²) >= 11 is 0. The second-order valence-electron chi connectivity index (χ2n) is 2.49. The maximum absolute atomic E-state index is 12.2. The Morgan fingerprint density at radius 1 is 1.36 bits per heavy atom. The van der Waals surface area contributed by atoms with Crippen LogP contribution in [0.1, 0.15) is 23.2 Å². The molecule has 60 valence electrons. The van der Waals surface area contributed by atoms with Gasteiger partial charge in [0.15, 0.2) is 0 Å². The van der Waals surface area contributed by atoms with Crippen molar-refractivity contribution in [1.82, 2.24) is 4.98 Å². The van der Waals surface area contributed by atoms with Gasteiger partial charge in [-0.2, -0.15) is 0 Å². The first-order valence-corrected chi connectivity index (χ1v) is 3.32. The molecule has 0 amide bonds. The van der Waals surface area contributed by atoms with Crippen molar-refractivity contribution in [3.05, 3.63) is 29.1 Å². The van der Waals surface area contributed by atoms with E-state index in [0.29, 0.717) is 5.69 Å². The molecule has 0 aromatic carbocycles. The van der Waals surface area contributed by atoms with Gasteiger partial charge in [0.05, 0.1) is 0 Å². The molecule has 0 saturated carbocycles. The summed E-state index contributed by atoms with van der Waals surface area (Å²) in [5, 5.41) is 0. The van der Waals surface area contributed by atoms with E-state index in [2.05, 4.69) is 4.98 Å². The summed E-state index contributed by atoms with van der Waals surface area (Å²) in [6, 6.07) is 1.47. The lowest BCUT2D eigenvalue weighted by molar-refractivity contribution is 0.150. The normalized spacial score (nSPS) is 10.6. The molecule has 11 heavy (non-hydrogen) atoms. The molecule has 0 aliphatic heterocycles. The van der Waals surface area contributed by atoms with Crippen LogP contribution in [0.25, 0.3) is 0 Å². The molecule has 0 spiro atoms. The first kappa shape index (κ1) is 8.11. The van der Waals surface area contributed by atoms with Gasteiger partial charge in [0.25, 0.3) is 6.43 Å². The molecule has 1 heterocycles. The lowest BCUT2D eigenvalue weighted by atomic mass is 10.1. The highest BCUT2D eigenvalue weighted by molar-refractivity contribution is 5.24. The molecule has 0 atom stereocenters. The number of pyridine rings is 1. The van der Waals surface area contributed by atoms with E-state index in [1.165, 1.54) is 6.07 Å². The molecule has 3 heteroatoms. The first-order chi connectivity index (χ1) is 5.11. The van der Waals surface area contributed by atoms with Gasteiger partial charge in [-0.05, 0) is 25.5 Å². The maximum Gasteiger partial charge on any atom is 0.265 e. The highest BCUT2D eigenvalue weighted by Crippen LogP contribution is 2.21. The molecular formula is C8H9F2N. The number of alkyl halides is 2. The van der Waals surface area contributed by atoms with E-state index in [1.807, 2.05) is 0 Å². The quantitative estimate of drug-likeness (QED) is 0.610. The second-order valence-corrected chi connectivity index (χ2v) is 2.49. The van der Waals surface area contributed by atoms with Crippen molar-refractivity contribution in [2.75, 3.05) is 0 Å². The molecule has 0 N–H and O–H groups in total. The van der Waals surface area contributed by atoms with Crippen molar-refractivity contribution >= 4 is 0 Å². The third-order valence-electron chi connectivity index (χ3n) is 1.50. The number of aryl methyl sites for hydroxylation is 2. The molecule has 0 saturated heterocycles. The Hall–Kier alpha value is -0.990. The molecule has 0 unspecified atom stereocenters. The largest absolute Gasteiger partial charge is 0.265 e. The number of aromatic nitrogens is 1. The van der Waals surface area contributed by atoms with Gasteiger partial charge < -0.3 is 0 Å². The van der Waals surface area contributed by atoms with Crippen LogP contribution in [0.3, 0.4) is 0 Å². The smallest absolute Gasteiger partial charge is 0.261 e. The van der Waals surface area contributed by atoms with Crippen LogP contribution < -0.4 is 0 Å². The zero-order chi connectivity index (χ0) is 8.43. The molecule has 1 aromatic rings. The number of hydrogen-bond donors (Lipinski definition) is 0. The summed E-state index contributed by atoms with van der Waals surface area (Å²) in [6.07, 6.45) is -0.830. The van der Waals surface area contributed by atoms with E-state index in [1.54, 1.807) is 20.0 Å². The van der Waals surface area contributed by atoms with Gasteiger partial charge in [-0.3, -0.25) is 4.98 Å². The van der Waals surface area contributed by atoms with E-state index < -0.39 is 6.43 Å². The zero-order valence-corrected chi connectivity index (χ0v) is 6.44. The predicted octanol–water partition coefficient (Wildman–Crippen LogP) is 2.64. The average molecular weight is 157 g/mol. The van der Waals surface area contributed by atoms with E-state index in [4.69, 9.17) is 0 Å². The topological polar surface area (TPSA) is 12.9 Å². The van der Waals surface area contributed by atoms with Gasteiger partial charge in [0.2, 0.25) is 0 Å². The Morgan fingerprint density at radius 2 is 2.00 bits per heavy atom. The average Bonchev–Trinajstić information content (AvgIpc) is 1.94. The maximum atomic E-state index is 12.2.